The summed E-state index contributed by atoms with van der Waals surface area (Å²) in [6.45, 7) is 2.17. The van der Waals surface area contributed by atoms with Crippen LogP contribution in [0.15, 0.2) is 18.2 Å². The van der Waals surface area contributed by atoms with Crippen LogP contribution in [-0.4, -0.2) is 32.4 Å². The van der Waals surface area contributed by atoms with Crippen LogP contribution < -0.4 is 11.1 Å². The van der Waals surface area contributed by atoms with Crippen LogP contribution in [0.25, 0.3) is 0 Å². The molecule has 112 valence electrons. The number of sulfone groups is 1. The highest BCUT2D eigenvalue weighted by atomic mass is 32.2. The van der Waals surface area contributed by atoms with Gasteiger partial charge in [0.15, 0.2) is 9.84 Å². The van der Waals surface area contributed by atoms with E-state index in [1.54, 1.807) is 12.1 Å². The van der Waals surface area contributed by atoms with Crippen molar-refractivity contribution in [3.63, 3.8) is 0 Å². The molecule has 1 amide bonds. The zero-order valence-corrected chi connectivity index (χ0v) is 12.7. The monoisotopic (exact) mass is 306 g/mol. The summed E-state index contributed by atoms with van der Waals surface area (Å²) in [7, 11) is -3.05. The average Bonchev–Trinajstić information content (AvgIpc) is 2.79. The van der Waals surface area contributed by atoms with Gasteiger partial charge in [-0.3, -0.25) is 4.79 Å². The van der Waals surface area contributed by atoms with Crippen LogP contribution in [0.5, 0.6) is 0 Å². The SMILES string of the molecule is Cc1cc(C#CCN)ccc1NC(=O)C1CCS(=O)(=O)C1. The van der Waals surface area contributed by atoms with Gasteiger partial charge in [-0.2, -0.15) is 0 Å². The second-order valence-corrected chi connectivity index (χ2v) is 7.35. The molecule has 1 aromatic rings. The molecular formula is C15H18N2O3S. The molecule has 21 heavy (non-hydrogen) atoms. The lowest BCUT2D eigenvalue weighted by molar-refractivity contribution is -0.119. The van der Waals surface area contributed by atoms with Crippen molar-refractivity contribution in [1.29, 1.82) is 0 Å². The first-order chi connectivity index (χ1) is 9.91. The van der Waals surface area contributed by atoms with Gasteiger partial charge in [0, 0.05) is 11.3 Å². The first-order valence-electron chi connectivity index (χ1n) is 6.72. The number of anilines is 1. The molecule has 1 aliphatic rings. The smallest absolute Gasteiger partial charge is 0.228 e. The number of hydrogen-bond donors (Lipinski definition) is 2. The zero-order chi connectivity index (χ0) is 15.5. The van der Waals surface area contributed by atoms with E-state index in [0.717, 1.165) is 11.1 Å². The number of nitrogens with two attached hydrogens (primary N) is 1. The molecular weight excluding hydrogens is 288 g/mol. The summed E-state index contributed by atoms with van der Waals surface area (Å²) in [4.78, 5) is 12.1. The van der Waals surface area contributed by atoms with Crippen LogP contribution in [-0.2, 0) is 14.6 Å². The Morgan fingerprint density at radius 2 is 2.24 bits per heavy atom. The number of carbonyl (C=O) groups excluding carboxylic acids is 1. The second kappa shape index (κ2) is 6.29. The summed E-state index contributed by atoms with van der Waals surface area (Å²) in [5.74, 6) is 5.04. The third kappa shape index (κ3) is 4.06. The molecule has 1 unspecified atom stereocenters. The highest BCUT2D eigenvalue weighted by molar-refractivity contribution is 7.91. The van der Waals surface area contributed by atoms with Gasteiger partial charge in [-0.05, 0) is 37.1 Å². The molecule has 1 heterocycles. The van der Waals surface area contributed by atoms with E-state index < -0.39 is 15.8 Å². The zero-order valence-electron chi connectivity index (χ0n) is 11.8. The molecule has 5 nitrogen and oxygen atoms in total. The van der Waals surface area contributed by atoms with Crippen molar-refractivity contribution in [1.82, 2.24) is 0 Å². The maximum atomic E-state index is 12.1. The van der Waals surface area contributed by atoms with Gasteiger partial charge in [0.2, 0.25) is 5.91 Å². The molecule has 0 aromatic heterocycles. The number of hydrogen-bond acceptors (Lipinski definition) is 4. The van der Waals surface area contributed by atoms with Crippen LogP contribution in [0.3, 0.4) is 0 Å². The predicted octanol–water partition coefficient (Wildman–Crippen LogP) is 0.678. The van der Waals surface area contributed by atoms with E-state index in [1.807, 2.05) is 13.0 Å². The number of aryl methyl sites for hydroxylation is 1. The predicted molar refractivity (Wildman–Crippen MR) is 82.5 cm³/mol. The van der Waals surface area contributed by atoms with Gasteiger partial charge in [0.05, 0.1) is 24.0 Å². The largest absolute Gasteiger partial charge is 0.326 e. The van der Waals surface area contributed by atoms with Gasteiger partial charge in [-0.1, -0.05) is 11.8 Å². The fraction of sp³-hybridized carbons (Fsp3) is 0.400. The lowest BCUT2D eigenvalue weighted by Gasteiger charge is -2.12. The molecule has 1 fully saturated rings. The van der Waals surface area contributed by atoms with Crippen molar-refractivity contribution in [2.45, 2.75) is 13.3 Å². The first kappa shape index (κ1) is 15.5. The molecule has 1 aromatic carbocycles. The minimum Gasteiger partial charge on any atom is -0.326 e. The first-order valence-corrected chi connectivity index (χ1v) is 8.54. The van der Waals surface area contributed by atoms with Gasteiger partial charge in [-0.15, -0.1) is 0 Å². The van der Waals surface area contributed by atoms with E-state index in [9.17, 15) is 13.2 Å². The fourth-order valence-electron chi connectivity index (χ4n) is 2.27. The van der Waals surface area contributed by atoms with Crippen LogP contribution in [0.4, 0.5) is 5.69 Å². The third-order valence-corrected chi connectivity index (χ3v) is 5.19. The number of amides is 1. The fourth-order valence-corrected chi connectivity index (χ4v) is 4.01. The molecule has 0 aliphatic carbocycles. The summed E-state index contributed by atoms with van der Waals surface area (Å²) in [5.41, 5.74) is 7.72. The maximum absolute atomic E-state index is 12.1. The lowest BCUT2D eigenvalue weighted by Crippen LogP contribution is -2.24. The molecule has 1 aliphatic heterocycles. The summed E-state index contributed by atoms with van der Waals surface area (Å²) >= 11 is 0. The van der Waals surface area contributed by atoms with E-state index in [0.29, 0.717) is 18.7 Å². The average molecular weight is 306 g/mol. The molecule has 0 bridgehead atoms. The van der Waals surface area contributed by atoms with Crippen molar-refractivity contribution in [3.8, 4) is 11.8 Å². The second-order valence-electron chi connectivity index (χ2n) is 5.12. The van der Waals surface area contributed by atoms with Crippen LogP contribution in [0, 0.1) is 24.7 Å². The Hall–Kier alpha value is -1.84. The standard InChI is InChI=1S/C15H18N2O3S/c1-11-9-12(3-2-7-16)4-5-14(11)17-15(18)13-6-8-21(19,20)10-13/h4-5,9,13H,6-8,10,16H2,1H3,(H,17,18). The van der Waals surface area contributed by atoms with E-state index in [1.165, 1.54) is 0 Å². The summed E-state index contributed by atoms with van der Waals surface area (Å²) in [5, 5.41) is 2.80. The summed E-state index contributed by atoms with van der Waals surface area (Å²) in [6.07, 6.45) is 0.396. The Balaban J connectivity index is 2.08. The number of carbonyl (C=O) groups is 1. The van der Waals surface area contributed by atoms with Gasteiger partial charge in [-0.25, -0.2) is 8.42 Å². The van der Waals surface area contributed by atoms with E-state index in [2.05, 4.69) is 17.2 Å². The number of rotatable bonds is 2. The minimum atomic E-state index is -3.05. The Morgan fingerprint density at radius 1 is 1.48 bits per heavy atom. The molecule has 0 spiro atoms. The molecule has 6 heteroatoms. The van der Waals surface area contributed by atoms with Crippen LogP contribution in [0.1, 0.15) is 17.5 Å². The van der Waals surface area contributed by atoms with Crippen molar-refractivity contribution in [2.75, 3.05) is 23.4 Å². The number of benzene rings is 1. The van der Waals surface area contributed by atoms with Gasteiger partial charge < -0.3 is 11.1 Å². The van der Waals surface area contributed by atoms with Crippen molar-refractivity contribution in [3.05, 3.63) is 29.3 Å². The Kier molecular flexibility index (Phi) is 4.66. The van der Waals surface area contributed by atoms with Crippen molar-refractivity contribution in [2.24, 2.45) is 11.7 Å². The molecule has 0 saturated carbocycles. The molecule has 1 saturated heterocycles. The summed E-state index contributed by atoms with van der Waals surface area (Å²) < 4.78 is 22.8. The van der Waals surface area contributed by atoms with Crippen molar-refractivity contribution < 1.29 is 13.2 Å². The molecule has 0 radical (unpaired) electrons. The normalized spacial score (nSPS) is 19.6. The number of nitrogens with one attached hydrogen (secondary N) is 1. The molecule has 2 rings (SSSR count). The van der Waals surface area contributed by atoms with Gasteiger partial charge >= 0.3 is 0 Å². The Morgan fingerprint density at radius 3 is 2.81 bits per heavy atom. The van der Waals surface area contributed by atoms with Gasteiger partial charge in [0.1, 0.15) is 0 Å². The third-order valence-electron chi connectivity index (χ3n) is 3.42. The maximum Gasteiger partial charge on any atom is 0.228 e. The van der Waals surface area contributed by atoms with Crippen LogP contribution in [0.2, 0.25) is 0 Å². The highest BCUT2D eigenvalue weighted by Crippen LogP contribution is 2.22. The topological polar surface area (TPSA) is 89.3 Å². The van der Waals surface area contributed by atoms with Gasteiger partial charge in [0.25, 0.3) is 0 Å². The molecule has 1 atom stereocenters. The van der Waals surface area contributed by atoms with E-state index >= 15 is 0 Å². The van der Waals surface area contributed by atoms with E-state index in [4.69, 9.17) is 5.73 Å². The van der Waals surface area contributed by atoms with Crippen LogP contribution >= 0.6 is 0 Å². The quantitative estimate of drug-likeness (QED) is 0.786. The minimum absolute atomic E-state index is 0.0576. The lowest BCUT2D eigenvalue weighted by atomic mass is 10.1. The Bertz CT molecular complexity index is 714. The molecule has 3 N–H and O–H groups in total. The highest BCUT2D eigenvalue weighted by Gasteiger charge is 2.33. The van der Waals surface area contributed by atoms with E-state index in [-0.39, 0.29) is 17.4 Å². The summed E-state index contributed by atoms with van der Waals surface area (Å²) in [6, 6.07) is 5.44. The Labute approximate surface area is 124 Å². The van der Waals surface area contributed by atoms with Crippen molar-refractivity contribution >= 4 is 21.4 Å².